The number of benzene rings is 1. The van der Waals surface area contributed by atoms with Gasteiger partial charge in [0.1, 0.15) is 5.75 Å². The van der Waals surface area contributed by atoms with E-state index in [1.54, 1.807) is 6.07 Å². The Morgan fingerprint density at radius 1 is 1.40 bits per heavy atom. The van der Waals surface area contributed by atoms with E-state index in [1.807, 2.05) is 0 Å². The van der Waals surface area contributed by atoms with Crippen molar-refractivity contribution in [2.45, 2.75) is 6.61 Å². The smallest absolute Gasteiger partial charge is 0.387 e. The third-order valence-electron chi connectivity index (χ3n) is 1.59. The van der Waals surface area contributed by atoms with Crippen LogP contribution in [-0.2, 0) is 0 Å². The lowest BCUT2D eigenvalue weighted by atomic mass is 10.1. The summed E-state index contributed by atoms with van der Waals surface area (Å²) in [4.78, 5) is 11.2. The number of alkyl halides is 2. The van der Waals surface area contributed by atoms with E-state index in [-0.39, 0.29) is 30.3 Å². The molecule has 0 aliphatic carbocycles. The number of hydrogen-bond acceptors (Lipinski definition) is 3. The zero-order chi connectivity index (χ0) is 10.6. The highest BCUT2D eigenvalue weighted by Crippen LogP contribution is 2.20. The fourth-order valence-electron chi connectivity index (χ4n) is 1.01. The largest absolute Gasteiger partial charge is 0.434 e. The molecular formula is C9H10ClF2NO2. The molecule has 1 aromatic carbocycles. The first kappa shape index (κ1) is 13.8. The van der Waals surface area contributed by atoms with Gasteiger partial charge in [-0.25, -0.2) is 0 Å². The third-order valence-corrected chi connectivity index (χ3v) is 1.59. The number of nitrogens with two attached hydrogens (primary N) is 1. The van der Waals surface area contributed by atoms with Gasteiger partial charge < -0.3 is 10.5 Å². The van der Waals surface area contributed by atoms with Crippen LogP contribution < -0.4 is 10.5 Å². The Morgan fingerprint density at radius 2 is 2.00 bits per heavy atom. The topological polar surface area (TPSA) is 52.3 Å². The molecule has 2 N–H and O–H groups in total. The summed E-state index contributed by atoms with van der Waals surface area (Å²) in [6.45, 7) is -3.18. The van der Waals surface area contributed by atoms with Crippen LogP contribution in [0.2, 0.25) is 0 Å². The lowest BCUT2D eigenvalue weighted by Crippen LogP contribution is -2.15. The molecule has 0 fully saturated rings. The quantitative estimate of drug-likeness (QED) is 0.813. The first-order valence-electron chi connectivity index (χ1n) is 3.92. The van der Waals surface area contributed by atoms with Crippen molar-refractivity contribution < 1.29 is 18.3 Å². The summed E-state index contributed by atoms with van der Waals surface area (Å²) in [6.07, 6.45) is 0. The molecule has 1 rings (SSSR count). The number of halogens is 3. The van der Waals surface area contributed by atoms with E-state index >= 15 is 0 Å². The molecule has 0 amide bonds. The molecular weight excluding hydrogens is 228 g/mol. The number of para-hydroxylation sites is 1. The first-order valence-corrected chi connectivity index (χ1v) is 3.92. The predicted molar refractivity (Wildman–Crippen MR) is 53.7 cm³/mol. The van der Waals surface area contributed by atoms with Crippen LogP contribution in [-0.4, -0.2) is 18.9 Å². The maximum atomic E-state index is 11.9. The lowest BCUT2D eigenvalue weighted by molar-refractivity contribution is -0.0501. The van der Waals surface area contributed by atoms with E-state index < -0.39 is 12.4 Å². The summed E-state index contributed by atoms with van der Waals surface area (Å²) in [5.41, 5.74) is 5.19. The van der Waals surface area contributed by atoms with Gasteiger partial charge in [-0.15, -0.1) is 12.4 Å². The normalized spacial score (nSPS) is 9.60. The molecule has 6 heteroatoms. The van der Waals surface area contributed by atoms with Gasteiger partial charge in [-0.05, 0) is 12.1 Å². The monoisotopic (exact) mass is 237 g/mol. The molecule has 0 atom stereocenters. The Morgan fingerprint density at radius 3 is 2.53 bits per heavy atom. The summed E-state index contributed by atoms with van der Waals surface area (Å²) < 4.78 is 28.0. The number of rotatable bonds is 4. The van der Waals surface area contributed by atoms with E-state index in [2.05, 4.69) is 4.74 Å². The molecule has 0 unspecified atom stereocenters. The Hall–Kier alpha value is -1.20. The molecule has 3 nitrogen and oxygen atoms in total. The highest BCUT2D eigenvalue weighted by molar-refractivity contribution is 5.99. The van der Waals surface area contributed by atoms with Crippen molar-refractivity contribution in [3.05, 3.63) is 29.8 Å². The van der Waals surface area contributed by atoms with Crippen LogP contribution >= 0.6 is 12.4 Å². The molecule has 15 heavy (non-hydrogen) atoms. The minimum atomic E-state index is -2.94. The van der Waals surface area contributed by atoms with Gasteiger partial charge in [-0.2, -0.15) is 8.78 Å². The lowest BCUT2D eigenvalue weighted by Gasteiger charge is -2.08. The maximum absolute atomic E-state index is 11.9. The van der Waals surface area contributed by atoms with Gasteiger partial charge in [0.05, 0.1) is 12.1 Å². The van der Waals surface area contributed by atoms with Crippen LogP contribution in [0.5, 0.6) is 5.75 Å². The van der Waals surface area contributed by atoms with E-state index in [1.165, 1.54) is 18.2 Å². The number of carbonyl (C=O) groups is 1. The summed E-state index contributed by atoms with van der Waals surface area (Å²) in [7, 11) is 0. The van der Waals surface area contributed by atoms with Crippen LogP contribution in [0.4, 0.5) is 8.78 Å². The molecule has 0 saturated carbocycles. The fraction of sp³-hybridized carbons (Fsp3) is 0.222. The van der Waals surface area contributed by atoms with E-state index in [0.717, 1.165) is 0 Å². The highest BCUT2D eigenvalue weighted by Gasteiger charge is 2.13. The second kappa shape index (κ2) is 6.31. The van der Waals surface area contributed by atoms with Crippen molar-refractivity contribution in [2.24, 2.45) is 5.73 Å². The zero-order valence-corrected chi connectivity index (χ0v) is 8.47. The maximum Gasteiger partial charge on any atom is 0.387 e. The van der Waals surface area contributed by atoms with Gasteiger partial charge in [-0.3, -0.25) is 4.79 Å². The SMILES string of the molecule is Cl.NCC(=O)c1ccccc1OC(F)F. The zero-order valence-electron chi connectivity index (χ0n) is 7.65. The predicted octanol–water partition coefficient (Wildman–Crippen LogP) is 1.85. The van der Waals surface area contributed by atoms with Crippen LogP contribution in [0, 0.1) is 0 Å². The minimum absolute atomic E-state index is 0. The number of hydrogen-bond donors (Lipinski definition) is 1. The standard InChI is InChI=1S/C9H9F2NO2.ClH/c10-9(11)14-8-4-2-1-3-6(8)7(13)5-12;/h1-4,9H,5,12H2;1H. The third kappa shape index (κ3) is 3.81. The molecule has 1 aromatic rings. The molecule has 0 radical (unpaired) electrons. The fourth-order valence-corrected chi connectivity index (χ4v) is 1.01. The van der Waals surface area contributed by atoms with Crippen molar-refractivity contribution >= 4 is 18.2 Å². The van der Waals surface area contributed by atoms with Crippen molar-refractivity contribution in [3.63, 3.8) is 0 Å². The van der Waals surface area contributed by atoms with Crippen LogP contribution in [0.25, 0.3) is 0 Å². The first-order chi connectivity index (χ1) is 6.65. The van der Waals surface area contributed by atoms with Crippen molar-refractivity contribution in [1.29, 1.82) is 0 Å². The summed E-state index contributed by atoms with van der Waals surface area (Å²) in [5, 5.41) is 0. The van der Waals surface area contributed by atoms with Gasteiger partial charge in [0.2, 0.25) is 0 Å². The Balaban J connectivity index is 0.00000196. The average Bonchev–Trinajstić information content (AvgIpc) is 2.16. The summed E-state index contributed by atoms with van der Waals surface area (Å²) >= 11 is 0. The van der Waals surface area contributed by atoms with Crippen LogP contribution in [0.3, 0.4) is 0 Å². The second-order valence-corrected chi connectivity index (χ2v) is 2.50. The molecule has 0 aliphatic heterocycles. The number of carbonyl (C=O) groups excluding carboxylic acids is 1. The summed E-state index contributed by atoms with van der Waals surface area (Å²) in [5.74, 6) is -0.570. The van der Waals surface area contributed by atoms with Crippen molar-refractivity contribution in [2.75, 3.05) is 6.54 Å². The van der Waals surface area contributed by atoms with Crippen LogP contribution in [0.1, 0.15) is 10.4 Å². The molecule has 0 heterocycles. The Labute approximate surface area is 91.6 Å². The van der Waals surface area contributed by atoms with Crippen LogP contribution in [0.15, 0.2) is 24.3 Å². The Kier molecular flexibility index (Phi) is 5.81. The molecule has 84 valence electrons. The second-order valence-electron chi connectivity index (χ2n) is 2.50. The molecule has 0 aromatic heterocycles. The van der Waals surface area contributed by atoms with Gasteiger partial charge in [0.25, 0.3) is 0 Å². The van der Waals surface area contributed by atoms with Gasteiger partial charge in [0, 0.05) is 0 Å². The van der Waals surface area contributed by atoms with E-state index in [0.29, 0.717) is 0 Å². The molecule has 0 bridgehead atoms. The number of Topliss-reactive ketones (excluding diaryl/α,β-unsaturated/α-hetero) is 1. The van der Waals surface area contributed by atoms with E-state index in [4.69, 9.17) is 5.73 Å². The molecule has 0 saturated heterocycles. The van der Waals surface area contributed by atoms with Gasteiger partial charge >= 0.3 is 6.61 Å². The average molecular weight is 238 g/mol. The minimum Gasteiger partial charge on any atom is -0.434 e. The van der Waals surface area contributed by atoms with Crippen molar-refractivity contribution in [3.8, 4) is 5.75 Å². The van der Waals surface area contributed by atoms with Gasteiger partial charge in [-0.1, -0.05) is 12.1 Å². The molecule has 0 spiro atoms. The summed E-state index contributed by atoms with van der Waals surface area (Å²) in [6, 6.07) is 5.76. The number of ether oxygens (including phenoxy) is 1. The van der Waals surface area contributed by atoms with Gasteiger partial charge in [0.15, 0.2) is 5.78 Å². The highest BCUT2D eigenvalue weighted by atomic mass is 35.5. The molecule has 0 aliphatic rings. The Bertz CT molecular complexity index is 334. The number of ketones is 1. The van der Waals surface area contributed by atoms with E-state index in [9.17, 15) is 13.6 Å². The van der Waals surface area contributed by atoms with Crippen molar-refractivity contribution in [1.82, 2.24) is 0 Å².